The van der Waals surface area contributed by atoms with Gasteiger partial charge in [-0.3, -0.25) is 14.2 Å². The number of anilines is 1. The molecule has 10 heteroatoms. The molecular formula is C24H23ClN2O6S. The van der Waals surface area contributed by atoms with Crippen molar-refractivity contribution in [1.29, 1.82) is 0 Å². The maximum absolute atomic E-state index is 13.1. The maximum Gasteiger partial charge on any atom is 0.337 e. The van der Waals surface area contributed by atoms with E-state index in [-0.39, 0.29) is 25.6 Å². The van der Waals surface area contributed by atoms with Gasteiger partial charge in [0.1, 0.15) is 11.2 Å². The fourth-order valence-electron chi connectivity index (χ4n) is 2.93. The van der Waals surface area contributed by atoms with Crippen LogP contribution in [-0.4, -0.2) is 36.1 Å². The molecule has 34 heavy (non-hydrogen) atoms. The second kappa shape index (κ2) is 12.5. The minimum atomic E-state index is -0.607. The van der Waals surface area contributed by atoms with Crippen molar-refractivity contribution in [2.45, 2.75) is 13.5 Å². The number of halogens is 1. The van der Waals surface area contributed by atoms with E-state index in [1.54, 1.807) is 61.5 Å². The molecule has 0 aliphatic carbocycles. The standard InChI is InChI=1S/C24H22N2O6S.ClH/c1-3-32-22(28)14-21-26(15-20(27)25-18-7-5-4-6-8-18)23(29)19(33-21)13-16-9-11-17(12-10-16)24(30)31-2;/h4-14H,3,15H2,1-2H3,(H,25,27);1H/b19-13-,21-14+;. The molecule has 0 spiro atoms. The summed E-state index contributed by atoms with van der Waals surface area (Å²) in [5, 5.41) is 2.73. The molecule has 0 saturated heterocycles. The highest BCUT2D eigenvalue weighted by Gasteiger charge is 2.12. The van der Waals surface area contributed by atoms with E-state index in [0.717, 1.165) is 11.3 Å². The second-order valence-corrected chi connectivity index (χ2v) is 7.83. The van der Waals surface area contributed by atoms with Crippen LogP contribution in [-0.2, 0) is 25.6 Å². The molecule has 2 aromatic carbocycles. The predicted molar refractivity (Wildman–Crippen MR) is 133 cm³/mol. The van der Waals surface area contributed by atoms with Crippen molar-refractivity contribution in [2.75, 3.05) is 19.0 Å². The Morgan fingerprint density at radius 1 is 1.06 bits per heavy atom. The zero-order chi connectivity index (χ0) is 23.8. The zero-order valence-electron chi connectivity index (χ0n) is 18.5. The Morgan fingerprint density at radius 3 is 2.35 bits per heavy atom. The fourth-order valence-corrected chi connectivity index (χ4v) is 3.96. The lowest BCUT2D eigenvalue weighted by Crippen LogP contribution is -2.36. The number of carbonyl (C=O) groups excluding carboxylic acids is 3. The Balaban J connectivity index is 0.00000408. The number of methoxy groups -OCH3 is 1. The Bertz CT molecular complexity index is 1330. The largest absolute Gasteiger partial charge is 0.465 e. The molecule has 178 valence electrons. The summed E-state index contributed by atoms with van der Waals surface area (Å²) in [5.74, 6) is -1.48. The third-order valence-corrected chi connectivity index (χ3v) is 5.51. The normalized spacial score (nSPS) is 11.5. The predicted octanol–water partition coefficient (Wildman–Crippen LogP) is 1.93. The van der Waals surface area contributed by atoms with Crippen LogP contribution in [0.2, 0.25) is 0 Å². The van der Waals surface area contributed by atoms with Crippen LogP contribution in [0.1, 0.15) is 22.8 Å². The third kappa shape index (κ3) is 6.90. The van der Waals surface area contributed by atoms with Crippen LogP contribution in [0.15, 0.2) is 59.4 Å². The van der Waals surface area contributed by atoms with Gasteiger partial charge in [-0.2, -0.15) is 0 Å². The molecule has 0 atom stereocenters. The number of esters is 2. The number of nitrogens with zero attached hydrogens (tertiary/aromatic N) is 1. The van der Waals surface area contributed by atoms with Crippen LogP contribution in [0.3, 0.4) is 0 Å². The summed E-state index contributed by atoms with van der Waals surface area (Å²) < 4.78 is 11.5. The smallest absolute Gasteiger partial charge is 0.337 e. The Hall–Kier alpha value is -3.69. The molecule has 0 aliphatic rings. The van der Waals surface area contributed by atoms with Crippen molar-refractivity contribution < 1.29 is 23.9 Å². The van der Waals surface area contributed by atoms with E-state index in [0.29, 0.717) is 26.0 Å². The summed E-state index contributed by atoms with van der Waals surface area (Å²) in [6, 6.07) is 15.4. The first-order chi connectivity index (χ1) is 15.9. The third-order valence-electron chi connectivity index (χ3n) is 4.45. The van der Waals surface area contributed by atoms with Gasteiger partial charge in [0, 0.05) is 5.69 Å². The minimum Gasteiger partial charge on any atom is -0.465 e. The molecule has 0 fully saturated rings. The van der Waals surface area contributed by atoms with Gasteiger partial charge in [-0.05, 0) is 42.8 Å². The fraction of sp³-hybridized carbons (Fsp3) is 0.167. The number of nitrogens with one attached hydrogen (secondary N) is 1. The molecule has 0 unspecified atom stereocenters. The molecule has 0 saturated carbocycles. The van der Waals surface area contributed by atoms with Crippen molar-refractivity contribution in [3.8, 4) is 0 Å². The molecule has 1 heterocycles. The van der Waals surface area contributed by atoms with E-state index in [4.69, 9.17) is 4.74 Å². The molecule has 1 amide bonds. The number of benzene rings is 2. The number of aromatic nitrogens is 1. The highest BCUT2D eigenvalue weighted by Crippen LogP contribution is 2.07. The first kappa shape index (κ1) is 26.6. The molecular weight excluding hydrogens is 480 g/mol. The second-order valence-electron chi connectivity index (χ2n) is 6.76. The summed E-state index contributed by atoms with van der Waals surface area (Å²) in [5.41, 5.74) is 1.23. The molecule has 1 aromatic heterocycles. The maximum atomic E-state index is 13.1. The lowest BCUT2D eigenvalue weighted by molar-refractivity contribution is -0.135. The first-order valence-corrected chi connectivity index (χ1v) is 10.9. The van der Waals surface area contributed by atoms with Crippen LogP contribution in [0, 0.1) is 0 Å². The van der Waals surface area contributed by atoms with Crippen LogP contribution >= 0.6 is 23.7 Å². The topological polar surface area (TPSA) is 104 Å². The van der Waals surface area contributed by atoms with Crippen molar-refractivity contribution in [3.63, 3.8) is 0 Å². The minimum absolute atomic E-state index is 0. The summed E-state index contributed by atoms with van der Waals surface area (Å²) >= 11 is 1.07. The number of rotatable bonds is 7. The van der Waals surface area contributed by atoms with E-state index in [1.165, 1.54) is 17.8 Å². The number of hydrogen-bond acceptors (Lipinski definition) is 7. The molecule has 0 radical (unpaired) electrons. The first-order valence-electron chi connectivity index (χ1n) is 10.0. The van der Waals surface area contributed by atoms with Gasteiger partial charge >= 0.3 is 11.9 Å². The van der Waals surface area contributed by atoms with Crippen LogP contribution in [0.5, 0.6) is 0 Å². The zero-order valence-corrected chi connectivity index (χ0v) is 20.1. The van der Waals surface area contributed by atoms with Gasteiger partial charge in [0.2, 0.25) is 5.91 Å². The van der Waals surface area contributed by atoms with E-state index in [9.17, 15) is 19.2 Å². The highest BCUT2D eigenvalue weighted by atomic mass is 35.5. The van der Waals surface area contributed by atoms with E-state index in [2.05, 4.69) is 10.1 Å². The summed E-state index contributed by atoms with van der Waals surface area (Å²) in [4.78, 5) is 49.2. The molecule has 3 rings (SSSR count). The van der Waals surface area contributed by atoms with Crippen molar-refractivity contribution in [1.82, 2.24) is 4.57 Å². The van der Waals surface area contributed by atoms with Crippen molar-refractivity contribution in [2.24, 2.45) is 0 Å². The monoisotopic (exact) mass is 502 g/mol. The van der Waals surface area contributed by atoms with Crippen LogP contribution in [0.4, 0.5) is 5.69 Å². The van der Waals surface area contributed by atoms with Gasteiger partial charge in [0.05, 0.1) is 29.9 Å². The van der Waals surface area contributed by atoms with Crippen LogP contribution in [0.25, 0.3) is 12.2 Å². The highest BCUT2D eigenvalue weighted by molar-refractivity contribution is 7.07. The lowest BCUT2D eigenvalue weighted by Gasteiger charge is -2.05. The molecule has 1 N–H and O–H groups in total. The average molecular weight is 503 g/mol. The van der Waals surface area contributed by atoms with Gasteiger partial charge in [0.25, 0.3) is 5.56 Å². The number of carbonyl (C=O) groups is 3. The summed E-state index contributed by atoms with van der Waals surface area (Å²) in [6.45, 7) is 1.59. The van der Waals surface area contributed by atoms with Gasteiger partial charge < -0.3 is 14.8 Å². The molecule has 8 nitrogen and oxygen atoms in total. The SMILES string of the molecule is CCOC(=O)/C=c1/s/c(=C\c2ccc(C(=O)OC)cc2)c(=O)n1CC(=O)Nc1ccccc1.Cl. The molecule has 3 aromatic rings. The number of thiazole rings is 1. The number of hydrogen-bond donors (Lipinski definition) is 1. The van der Waals surface area contributed by atoms with E-state index >= 15 is 0 Å². The lowest BCUT2D eigenvalue weighted by atomic mass is 10.1. The summed E-state index contributed by atoms with van der Waals surface area (Å²) in [7, 11) is 1.30. The molecule has 0 aliphatic heterocycles. The van der Waals surface area contributed by atoms with Crippen molar-refractivity contribution in [3.05, 3.63) is 85.3 Å². The number of para-hydroxylation sites is 1. The van der Waals surface area contributed by atoms with Gasteiger partial charge in [0.15, 0.2) is 0 Å². The quantitative estimate of drug-likeness (QED) is 0.495. The van der Waals surface area contributed by atoms with E-state index < -0.39 is 23.4 Å². The summed E-state index contributed by atoms with van der Waals surface area (Å²) in [6.07, 6.45) is 2.82. The van der Waals surface area contributed by atoms with E-state index in [1.807, 2.05) is 6.07 Å². The molecule has 0 bridgehead atoms. The average Bonchev–Trinajstić information content (AvgIpc) is 3.08. The Morgan fingerprint density at radius 2 is 1.74 bits per heavy atom. The van der Waals surface area contributed by atoms with Gasteiger partial charge in [-0.1, -0.05) is 30.3 Å². The number of amides is 1. The van der Waals surface area contributed by atoms with Gasteiger partial charge in [-0.25, -0.2) is 9.59 Å². The van der Waals surface area contributed by atoms with Crippen LogP contribution < -0.4 is 20.1 Å². The Kier molecular flexibility index (Phi) is 9.78. The Labute approximate surface area is 205 Å². The van der Waals surface area contributed by atoms with Crippen molar-refractivity contribution >= 4 is 59.4 Å². The van der Waals surface area contributed by atoms with Gasteiger partial charge in [-0.15, -0.1) is 23.7 Å². The number of ether oxygens (including phenoxy) is 2.